The number of piperazine rings is 1. The molecule has 1 saturated heterocycles. The molecule has 1 N–H and O–H groups in total. The minimum Gasteiger partial charge on any atom is -0.312 e. The first-order valence-corrected chi connectivity index (χ1v) is 7.66. The van der Waals surface area contributed by atoms with Gasteiger partial charge in [-0.2, -0.15) is 0 Å². The standard InChI is InChI=1S/C13H22N4OS.ClH/c1-4-17(11(3)18)13-15-12(9-19-13)8-16-6-5-14-10(2)7-16;/h9-10,14H,4-8H2,1-3H3;1H. The molecule has 1 aromatic rings. The number of thiazole rings is 1. The van der Waals surface area contributed by atoms with Crippen molar-refractivity contribution in [1.82, 2.24) is 15.2 Å². The van der Waals surface area contributed by atoms with Crippen molar-refractivity contribution in [2.24, 2.45) is 0 Å². The fraction of sp³-hybridized carbons (Fsp3) is 0.692. The Balaban J connectivity index is 0.00000200. The van der Waals surface area contributed by atoms with Crippen LogP contribution in [0, 0.1) is 0 Å². The Morgan fingerprint density at radius 2 is 2.40 bits per heavy atom. The highest BCUT2D eigenvalue weighted by atomic mass is 35.5. The number of carbonyl (C=O) groups is 1. The average molecular weight is 319 g/mol. The van der Waals surface area contributed by atoms with Crippen LogP contribution >= 0.6 is 23.7 Å². The summed E-state index contributed by atoms with van der Waals surface area (Å²) in [6.45, 7) is 10.5. The normalized spacial score (nSPS) is 19.4. The van der Waals surface area contributed by atoms with E-state index in [9.17, 15) is 4.79 Å². The molecule has 1 fully saturated rings. The first-order chi connectivity index (χ1) is 9.10. The van der Waals surface area contributed by atoms with Crippen LogP contribution in [-0.2, 0) is 11.3 Å². The highest BCUT2D eigenvalue weighted by Crippen LogP contribution is 2.21. The van der Waals surface area contributed by atoms with E-state index in [1.807, 2.05) is 6.92 Å². The van der Waals surface area contributed by atoms with E-state index in [1.165, 1.54) is 0 Å². The Hall–Kier alpha value is -0.690. The van der Waals surface area contributed by atoms with Gasteiger partial charge in [-0.25, -0.2) is 4.98 Å². The second-order valence-corrected chi connectivity index (χ2v) is 5.81. The molecule has 0 bridgehead atoms. The molecule has 1 aliphatic heterocycles. The van der Waals surface area contributed by atoms with E-state index in [4.69, 9.17) is 0 Å². The number of carbonyl (C=O) groups excluding carboxylic acids is 1. The predicted molar refractivity (Wildman–Crippen MR) is 85.8 cm³/mol. The first kappa shape index (κ1) is 17.4. The van der Waals surface area contributed by atoms with Crippen molar-refractivity contribution in [2.75, 3.05) is 31.1 Å². The molecule has 0 radical (unpaired) electrons. The highest BCUT2D eigenvalue weighted by molar-refractivity contribution is 7.14. The summed E-state index contributed by atoms with van der Waals surface area (Å²) in [5, 5.41) is 6.31. The van der Waals surface area contributed by atoms with Crippen molar-refractivity contribution in [2.45, 2.75) is 33.4 Å². The van der Waals surface area contributed by atoms with Crippen LogP contribution in [0.1, 0.15) is 26.5 Å². The molecule has 20 heavy (non-hydrogen) atoms. The second-order valence-electron chi connectivity index (χ2n) is 4.97. The zero-order valence-electron chi connectivity index (χ0n) is 12.3. The Morgan fingerprint density at radius 3 is 3.00 bits per heavy atom. The van der Waals surface area contributed by atoms with E-state index in [0.717, 1.165) is 37.0 Å². The smallest absolute Gasteiger partial charge is 0.225 e. The van der Waals surface area contributed by atoms with Crippen LogP contribution in [0.15, 0.2) is 5.38 Å². The number of hydrogen-bond donors (Lipinski definition) is 1. The van der Waals surface area contributed by atoms with Crippen LogP contribution in [0.3, 0.4) is 0 Å². The van der Waals surface area contributed by atoms with E-state index in [0.29, 0.717) is 12.6 Å². The zero-order valence-corrected chi connectivity index (χ0v) is 13.9. The highest BCUT2D eigenvalue weighted by Gasteiger charge is 2.18. The molecule has 1 aromatic heterocycles. The number of rotatable bonds is 4. The molecular weight excluding hydrogens is 296 g/mol. The van der Waals surface area contributed by atoms with Gasteiger partial charge in [0.05, 0.1) is 5.69 Å². The second kappa shape index (κ2) is 7.93. The van der Waals surface area contributed by atoms with Crippen LogP contribution in [0.25, 0.3) is 0 Å². The average Bonchev–Trinajstić information content (AvgIpc) is 2.78. The van der Waals surface area contributed by atoms with Crippen molar-refractivity contribution in [3.63, 3.8) is 0 Å². The minimum atomic E-state index is 0. The summed E-state index contributed by atoms with van der Waals surface area (Å²) >= 11 is 1.55. The molecule has 0 spiro atoms. The molecule has 1 atom stereocenters. The summed E-state index contributed by atoms with van der Waals surface area (Å²) in [6, 6.07) is 0.538. The molecule has 0 saturated carbocycles. The third-order valence-electron chi connectivity index (χ3n) is 3.31. The lowest BCUT2D eigenvalue weighted by Crippen LogP contribution is -2.48. The zero-order chi connectivity index (χ0) is 13.8. The van der Waals surface area contributed by atoms with Gasteiger partial charge >= 0.3 is 0 Å². The Morgan fingerprint density at radius 1 is 1.65 bits per heavy atom. The molecule has 1 unspecified atom stereocenters. The van der Waals surface area contributed by atoms with Crippen molar-refractivity contribution < 1.29 is 4.79 Å². The number of nitrogens with one attached hydrogen (secondary N) is 1. The lowest BCUT2D eigenvalue weighted by Gasteiger charge is -2.31. The molecule has 0 aliphatic carbocycles. The van der Waals surface area contributed by atoms with Crippen molar-refractivity contribution in [3.8, 4) is 0 Å². The van der Waals surface area contributed by atoms with Gasteiger partial charge < -0.3 is 5.32 Å². The van der Waals surface area contributed by atoms with Crippen LogP contribution < -0.4 is 10.2 Å². The van der Waals surface area contributed by atoms with E-state index >= 15 is 0 Å². The number of anilines is 1. The molecule has 1 aliphatic rings. The monoisotopic (exact) mass is 318 g/mol. The van der Waals surface area contributed by atoms with Gasteiger partial charge in [0.2, 0.25) is 5.91 Å². The van der Waals surface area contributed by atoms with Crippen LogP contribution in [0.5, 0.6) is 0 Å². The van der Waals surface area contributed by atoms with Gasteiger partial charge in [-0.1, -0.05) is 0 Å². The van der Waals surface area contributed by atoms with Crippen LogP contribution in [0.4, 0.5) is 5.13 Å². The summed E-state index contributed by atoms with van der Waals surface area (Å²) in [7, 11) is 0. The molecule has 0 aromatic carbocycles. The Kier molecular flexibility index (Phi) is 6.88. The molecule has 7 heteroatoms. The Labute approximate surface area is 130 Å². The maximum absolute atomic E-state index is 11.5. The van der Waals surface area contributed by atoms with Gasteiger partial charge in [0, 0.05) is 51.1 Å². The summed E-state index contributed by atoms with van der Waals surface area (Å²) in [5.41, 5.74) is 1.06. The predicted octanol–water partition coefficient (Wildman–Crippen LogP) is 1.73. The molecule has 5 nitrogen and oxygen atoms in total. The van der Waals surface area contributed by atoms with Crippen molar-refractivity contribution in [3.05, 3.63) is 11.1 Å². The SMILES string of the molecule is CCN(C(C)=O)c1nc(CN2CCNC(C)C2)cs1.Cl. The van der Waals surface area contributed by atoms with Gasteiger partial charge in [0.25, 0.3) is 0 Å². The molecule has 2 heterocycles. The quantitative estimate of drug-likeness (QED) is 0.918. The van der Waals surface area contributed by atoms with Gasteiger partial charge in [-0.15, -0.1) is 23.7 Å². The molecule has 1 amide bonds. The summed E-state index contributed by atoms with van der Waals surface area (Å²) < 4.78 is 0. The Bertz CT molecular complexity index is 440. The summed E-state index contributed by atoms with van der Waals surface area (Å²) in [5.74, 6) is 0.0548. The summed E-state index contributed by atoms with van der Waals surface area (Å²) in [4.78, 5) is 20.2. The van der Waals surface area contributed by atoms with E-state index < -0.39 is 0 Å². The topological polar surface area (TPSA) is 48.5 Å². The largest absolute Gasteiger partial charge is 0.312 e. The van der Waals surface area contributed by atoms with Gasteiger partial charge in [0.15, 0.2) is 5.13 Å². The van der Waals surface area contributed by atoms with E-state index in [1.54, 1.807) is 23.2 Å². The number of aromatic nitrogens is 1. The number of halogens is 1. The summed E-state index contributed by atoms with van der Waals surface area (Å²) in [6.07, 6.45) is 0. The van der Waals surface area contributed by atoms with Crippen molar-refractivity contribution >= 4 is 34.8 Å². The lowest BCUT2D eigenvalue weighted by molar-refractivity contribution is -0.116. The van der Waals surface area contributed by atoms with Crippen molar-refractivity contribution in [1.29, 1.82) is 0 Å². The molecule has 2 rings (SSSR count). The van der Waals surface area contributed by atoms with E-state index in [-0.39, 0.29) is 18.3 Å². The third kappa shape index (κ3) is 4.41. The minimum absolute atomic E-state index is 0. The van der Waals surface area contributed by atoms with Gasteiger partial charge in [-0.05, 0) is 13.8 Å². The van der Waals surface area contributed by atoms with Crippen LogP contribution in [0.2, 0.25) is 0 Å². The van der Waals surface area contributed by atoms with E-state index in [2.05, 4.69) is 27.5 Å². The maximum Gasteiger partial charge on any atom is 0.225 e. The van der Waals surface area contributed by atoms with Gasteiger partial charge in [-0.3, -0.25) is 14.6 Å². The van der Waals surface area contributed by atoms with Crippen LogP contribution in [-0.4, -0.2) is 48.0 Å². The first-order valence-electron chi connectivity index (χ1n) is 6.78. The fourth-order valence-electron chi connectivity index (χ4n) is 2.37. The third-order valence-corrected chi connectivity index (χ3v) is 4.22. The number of hydrogen-bond acceptors (Lipinski definition) is 5. The number of nitrogens with zero attached hydrogens (tertiary/aromatic N) is 3. The lowest BCUT2D eigenvalue weighted by atomic mass is 10.2. The molecule has 114 valence electrons. The molecular formula is C13H23ClN4OS. The fourth-order valence-corrected chi connectivity index (χ4v) is 3.29. The maximum atomic E-state index is 11.5. The van der Waals surface area contributed by atoms with Gasteiger partial charge in [0.1, 0.15) is 0 Å². The number of amides is 1.